The van der Waals surface area contributed by atoms with E-state index in [9.17, 15) is 0 Å². The van der Waals surface area contributed by atoms with E-state index < -0.39 is 0 Å². The van der Waals surface area contributed by atoms with Gasteiger partial charge in [0, 0.05) is 92.9 Å². The van der Waals surface area contributed by atoms with Crippen molar-refractivity contribution in [2.24, 2.45) is 0 Å². The molecular weight excluding hydrogens is 1100 g/mol. The van der Waals surface area contributed by atoms with Gasteiger partial charge in [-0.05, 0) is 72.8 Å². The highest BCUT2D eigenvalue weighted by Gasteiger charge is 2.30. The van der Waals surface area contributed by atoms with Crippen molar-refractivity contribution in [1.29, 1.82) is 0 Å². The van der Waals surface area contributed by atoms with Gasteiger partial charge in [-0.25, -0.2) is 0 Å². The topological polar surface area (TPSA) is 68.2 Å². The van der Waals surface area contributed by atoms with Crippen molar-refractivity contribution in [3.05, 3.63) is 297 Å². The molecular formula is C81H49N9. The van der Waals surface area contributed by atoms with Crippen molar-refractivity contribution >= 4 is 131 Å². The summed E-state index contributed by atoms with van der Waals surface area (Å²) < 4.78 is 14.5. The molecule has 13 aromatic carbocycles. The molecule has 0 aliphatic carbocycles. The van der Waals surface area contributed by atoms with Crippen LogP contribution in [0, 0.1) is 0 Å². The summed E-state index contributed by atoms with van der Waals surface area (Å²) in [5.41, 5.74) is 18.0. The van der Waals surface area contributed by atoms with Crippen LogP contribution in [0.25, 0.3) is 177 Å². The molecule has 0 atom stereocenters. The highest BCUT2D eigenvalue weighted by atomic mass is 15.3. The smallest absolute Gasteiger partial charge is 0.240 e. The Morgan fingerprint density at radius 3 is 0.700 bits per heavy atom. The Labute approximate surface area is 513 Å². The first-order chi connectivity index (χ1) is 44.7. The van der Waals surface area contributed by atoms with Gasteiger partial charge < -0.3 is 18.3 Å². The third-order valence-electron chi connectivity index (χ3n) is 18.8. The van der Waals surface area contributed by atoms with E-state index in [0.29, 0.717) is 17.7 Å². The summed E-state index contributed by atoms with van der Waals surface area (Å²) in [6, 6.07) is 107. The first-order valence-electron chi connectivity index (χ1n) is 30.6. The van der Waals surface area contributed by atoms with Crippen LogP contribution in [0.3, 0.4) is 0 Å². The van der Waals surface area contributed by atoms with Gasteiger partial charge in [-0.3, -0.25) is 9.13 Å². The number of para-hydroxylation sites is 8. The third-order valence-corrected chi connectivity index (χ3v) is 18.8. The van der Waals surface area contributed by atoms with E-state index in [2.05, 4.69) is 319 Å². The summed E-state index contributed by atoms with van der Waals surface area (Å²) in [5.74, 6) is 1.56. The van der Waals surface area contributed by atoms with Gasteiger partial charge in [0.1, 0.15) is 0 Å². The summed E-state index contributed by atoms with van der Waals surface area (Å²) in [6.45, 7) is 0. The third kappa shape index (κ3) is 6.66. The highest BCUT2D eigenvalue weighted by Crippen LogP contribution is 2.48. The second-order valence-electron chi connectivity index (χ2n) is 23.5. The molecule has 9 heteroatoms. The zero-order valence-electron chi connectivity index (χ0n) is 48.3. The van der Waals surface area contributed by atoms with Crippen LogP contribution in [0.4, 0.5) is 0 Å². The average molecular weight is 1150 g/mol. The number of fused-ring (bicyclic) bond motifs is 22. The van der Waals surface area contributed by atoms with Crippen molar-refractivity contribution < 1.29 is 0 Å². The molecule has 0 aliphatic heterocycles. The minimum atomic E-state index is 0.502. The van der Waals surface area contributed by atoms with E-state index in [1.165, 1.54) is 21.5 Å². The van der Waals surface area contributed by atoms with E-state index in [0.717, 1.165) is 138 Å². The largest absolute Gasteiger partial charge is 0.307 e. The fourth-order valence-electron chi connectivity index (χ4n) is 15.2. The maximum atomic E-state index is 5.91. The lowest BCUT2D eigenvalue weighted by molar-refractivity contribution is 0.893. The SMILES string of the molecule is c1ccc(-c2nc(-n3c4ccccc4c4ccc5c6ccc7c8ccccc8n(-c8ccccc8)c7c6n(-c6ccccc6)c5c43)nc(-n3c4ccccc4c4ccc5c6ccc7c8ccccc8n(-c8ccccc8)c7c6n(-c6ccccc6)c5c43)n2)cc1. The van der Waals surface area contributed by atoms with Gasteiger partial charge in [-0.1, -0.05) is 224 Å². The lowest BCUT2D eigenvalue weighted by atomic mass is 10.1. The maximum absolute atomic E-state index is 5.91. The van der Waals surface area contributed by atoms with Crippen LogP contribution in [-0.4, -0.2) is 42.4 Å². The Bertz CT molecular complexity index is 6000. The molecule has 418 valence electrons. The van der Waals surface area contributed by atoms with Gasteiger partial charge in [-0.2, -0.15) is 15.0 Å². The molecule has 20 aromatic rings. The fraction of sp³-hybridized carbons (Fsp3) is 0. The zero-order chi connectivity index (χ0) is 58.7. The van der Waals surface area contributed by atoms with Gasteiger partial charge in [0.2, 0.25) is 11.9 Å². The van der Waals surface area contributed by atoms with E-state index in [4.69, 9.17) is 15.0 Å². The van der Waals surface area contributed by atoms with Gasteiger partial charge in [0.05, 0.1) is 66.2 Å². The molecule has 0 bridgehead atoms. The monoisotopic (exact) mass is 1150 g/mol. The predicted molar refractivity (Wildman–Crippen MR) is 371 cm³/mol. The minimum Gasteiger partial charge on any atom is -0.307 e. The quantitative estimate of drug-likeness (QED) is 0.160. The van der Waals surface area contributed by atoms with Crippen LogP contribution < -0.4 is 0 Å². The van der Waals surface area contributed by atoms with Crippen molar-refractivity contribution in [2.45, 2.75) is 0 Å². The first kappa shape index (κ1) is 48.9. The lowest BCUT2D eigenvalue weighted by Crippen LogP contribution is -2.11. The van der Waals surface area contributed by atoms with E-state index in [1.807, 2.05) is 6.07 Å². The highest BCUT2D eigenvalue weighted by molar-refractivity contribution is 6.31. The number of aromatic nitrogens is 9. The van der Waals surface area contributed by atoms with Gasteiger partial charge in [0.25, 0.3) is 0 Å². The molecule has 0 amide bonds. The summed E-state index contributed by atoms with van der Waals surface area (Å²) in [5, 5.41) is 13.7. The minimum absolute atomic E-state index is 0.502. The molecule has 0 radical (unpaired) electrons. The number of benzene rings is 13. The summed E-state index contributed by atoms with van der Waals surface area (Å²) in [7, 11) is 0. The molecule has 0 aliphatic rings. The molecule has 0 saturated carbocycles. The Hall–Kier alpha value is -12.3. The zero-order valence-corrected chi connectivity index (χ0v) is 48.3. The van der Waals surface area contributed by atoms with Crippen molar-refractivity contribution in [3.8, 4) is 46.0 Å². The van der Waals surface area contributed by atoms with Crippen LogP contribution in [0.5, 0.6) is 0 Å². The molecule has 7 aromatic heterocycles. The van der Waals surface area contributed by atoms with Crippen LogP contribution in [-0.2, 0) is 0 Å². The number of rotatable bonds is 7. The van der Waals surface area contributed by atoms with E-state index >= 15 is 0 Å². The Morgan fingerprint density at radius 2 is 0.389 bits per heavy atom. The van der Waals surface area contributed by atoms with E-state index in [-0.39, 0.29) is 0 Å². The number of nitrogens with zero attached hydrogens (tertiary/aromatic N) is 9. The van der Waals surface area contributed by atoms with Crippen molar-refractivity contribution in [3.63, 3.8) is 0 Å². The Kier molecular flexibility index (Phi) is 10.1. The maximum Gasteiger partial charge on any atom is 0.240 e. The van der Waals surface area contributed by atoms with Crippen molar-refractivity contribution in [1.82, 2.24) is 42.4 Å². The van der Waals surface area contributed by atoms with Gasteiger partial charge >= 0.3 is 0 Å². The molecule has 0 fully saturated rings. The van der Waals surface area contributed by atoms with Crippen LogP contribution in [0.2, 0.25) is 0 Å². The Morgan fingerprint density at radius 1 is 0.167 bits per heavy atom. The predicted octanol–water partition coefficient (Wildman–Crippen LogP) is 20.1. The van der Waals surface area contributed by atoms with Gasteiger partial charge in [-0.15, -0.1) is 0 Å². The molecule has 20 rings (SSSR count). The molecule has 7 heterocycles. The standard InChI is InChI=1S/C81H49N9/c1-6-24-50(25-7-1)79-82-80(89-69-40-22-18-36-57(69)61-44-48-65-63-46-42-59-55-34-16-20-38-67(55)85(51-26-8-2-9-27-51)71(59)73(63)87(75(65)77(61)89)53-30-12-4-13-31-53)84-81(83-79)90-70-41-23-19-37-58(70)62-45-49-66-64-47-43-60-56-35-17-21-39-68(56)86(52-28-10-3-11-29-52)72(60)74(64)88(76(66)78(62)90)54-32-14-5-15-33-54/h1-49H. The van der Waals surface area contributed by atoms with Crippen molar-refractivity contribution in [2.75, 3.05) is 0 Å². The molecule has 0 saturated heterocycles. The molecule has 0 unspecified atom stereocenters. The fourth-order valence-corrected chi connectivity index (χ4v) is 15.2. The average Bonchev–Trinajstić information content (AvgIpc) is 1.55. The van der Waals surface area contributed by atoms with Crippen LogP contribution in [0.1, 0.15) is 0 Å². The van der Waals surface area contributed by atoms with E-state index in [1.54, 1.807) is 0 Å². The Balaban J connectivity index is 0.957. The molecule has 90 heavy (non-hydrogen) atoms. The number of hydrogen-bond acceptors (Lipinski definition) is 3. The summed E-state index contributed by atoms with van der Waals surface area (Å²) in [6.07, 6.45) is 0. The number of hydrogen-bond donors (Lipinski definition) is 0. The normalized spacial score (nSPS) is 12.2. The lowest BCUT2D eigenvalue weighted by Gasteiger charge is -2.15. The van der Waals surface area contributed by atoms with Crippen LogP contribution >= 0.6 is 0 Å². The van der Waals surface area contributed by atoms with Crippen LogP contribution in [0.15, 0.2) is 297 Å². The second-order valence-corrected chi connectivity index (χ2v) is 23.5. The second kappa shape index (κ2) is 18.6. The van der Waals surface area contributed by atoms with Gasteiger partial charge in [0.15, 0.2) is 5.82 Å². The summed E-state index contributed by atoms with van der Waals surface area (Å²) in [4.78, 5) is 17.3. The molecule has 0 N–H and O–H groups in total. The molecule has 9 nitrogen and oxygen atoms in total. The summed E-state index contributed by atoms with van der Waals surface area (Å²) >= 11 is 0. The molecule has 0 spiro atoms. The first-order valence-corrected chi connectivity index (χ1v) is 30.6.